The van der Waals surface area contributed by atoms with E-state index in [1.54, 1.807) is 7.11 Å². The highest BCUT2D eigenvalue weighted by atomic mass is 32.1. The van der Waals surface area contributed by atoms with Crippen LogP contribution >= 0.6 is 12.2 Å². The van der Waals surface area contributed by atoms with Gasteiger partial charge in [0.15, 0.2) is 16.6 Å². The van der Waals surface area contributed by atoms with Gasteiger partial charge < -0.3 is 20.1 Å². The predicted molar refractivity (Wildman–Crippen MR) is 82.0 cm³/mol. The van der Waals surface area contributed by atoms with E-state index < -0.39 is 0 Å². The summed E-state index contributed by atoms with van der Waals surface area (Å²) in [4.78, 5) is 10.8. The number of methoxy groups -OCH3 is 1. The molecule has 0 unspecified atom stereocenters. The van der Waals surface area contributed by atoms with E-state index in [4.69, 9.17) is 21.7 Å². The van der Waals surface area contributed by atoms with Crippen LogP contribution in [-0.4, -0.2) is 24.7 Å². The van der Waals surface area contributed by atoms with Crippen molar-refractivity contribution in [1.29, 1.82) is 0 Å². The Bertz CT molecular complexity index is 477. The Balaban J connectivity index is 2.63. The molecule has 0 bridgehead atoms. The summed E-state index contributed by atoms with van der Waals surface area (Å²) in [5, 5.41) is 5.76. The van der Waals surface area contributed by atoms with Gasteiger partial charge in [0.05, 0.1) is 13.7 Å². The maximum absolute atomic E-state index is 10.8. The van der Waals surface area contributed by atoms with Crippen LogP contribution in [0.1, 0.15) is 25.8 Å². The first-order chi connectivity index (χ1) is 9.56. The smallest absolute Gasteiger partial charge is 0.222 e. The molecule has 0 aliphatic heterocycles. The molecule has 1 aromatic carbocycles. The molecule has 6 heteroatoms. The molecule has 0 aliphatic carbocycles. The summed E-state index contributed by atoms with van der Waals surface area (Å²) >= 11 is 4.97. The van der Waals surface area contributed by atoms with Crippen LogP contribution in [0, 0.1) is 0 Å². The van der Waals surface area contributed by atoms with Gasteiger partial charge in [-0.15, -0.1) is 0 Å². The van der Waals surface area contributed by atoms with E-state index in [-0.39, 0.29) is 5.91 Å². The molecule has 0 saturated carbocycles. The molecule has 20 heavy (non-hydrogen) atoms. The molecule has 0 heterocycles. The molecule has 5 nitrogen and oxygen atoms in total. The number of carbonyl (C=O) groups excluding carboxylic acids is 1. The number of nitrogens with one attached hydrogen (secondary N) is 2. The topological polar surface area (TPSA) is 59.6 Å². The van der Waals surface area contributed by atoms with Crippen molar-refractivity contribution in [2.45, 2.75) is 26.8 Å². The van der Waals surface area contributed by atoms with Gasteiger partial charge in [0.2, 0.25) is 5.91 Å². The van der Waals surface area contributed by atoms with E-state index in [9.17, 15) is 4.79 Å². The van der Waals surface area contributed by atoms with Crippen molar-refractivity contribution >= 4 is 23.2 Å². The number of benzene rings is 1. The summed E-state index contributed by atoms with van der Waals surface area (Å²) in [5.74, 6) is 1.22. The Morgan fingerprint density at radius 1 is 1.35 bits per heavy atom. The monoisotopic (exact) mass is 296 g/mol. The highest BCUT2D eigenvalue weighted by Gasteiger charge is 2.06. The molecule has 0 fully saturated rings. The Morgan fingerprint density at radius 2 is 2.10 bits per heavy atom. The zero-order valence-electron chi connectivity index (χ0n) is 12.0. The summed E-state index contributed by atoms with van der Waals surface area (Å²) in [7, 11) is 1.60. The number of carbonyl (C=O) groups is 1. The van der Waals surface area contributed by atoms with Crippen molar-refractivity contribution in [2.75, 3.05) is 13.7 Å². The van der Waals surface area contributed by atoms with Crippen molar-refractivity contribution in [3.8, 4) is 11.5 Å². The highest BCUT2D eigenvalue weighted by Crippen LogP contribution is 2.28. The number of hydrogen-bond acceptors (Lipinski definition) is 4. The maximum atomic E-state index is 10.8. The molecule has 1 rings (SSSR count). The average molecular weight is 296 g/mol. The number of ether oxygens (including phenoxy) is 2. The molecule has 0 atom stereocenters. The van der Waals surface area contributed by atoms with E-state index >= 15 is 0 Å². The summed E-state index contributed by atoms with van der Waals surface area (Å²) in [5.41, 5.74) is 0.985. The molecule has 0 saturated heterocycles. The lowest BCUT2D eigenvalue weighted by molar-refractivity contribution is -0.117. The van der Waals surface area contributed by atoms with E-state index in [0.717, 1.165) is 17.7 Å². The lowest BCUT2D eigenvalue weighted by Crippen LogP contribution is -2.37. The third-order valence-electron chi connectivity index (χ3n) is 2.43. The van der Waals surface area contributed by atoms with Gasteiger partial charge in [-0.25, -0.2) is 0 Å². The fourth-order valence-corrected chi connectivity index (χ4v) is 1.76. The highest BCUT2D eigenvalue weighted by molar-refractivity contribution is 7.80. The molecule has 110 valence electrons. The van der Waals surface area contributed by atoms with Gasteiger partial charge in [-0.05, 0) is 36.3 Å². The van der Waals surface area contributed by atoms with E-state index in [1.165, 1.54) is 6.92 Å². The lowest BCUT2D eigenvalue weighted by Gasteiger charge is -2.13. The number of thiocarbonyl (C=S) groups is 1. The normalized spacial score (nSPS) is 9.75. The van der Waals surface area contributed by atoms with E-state index in [2.05, 4.69) is 10.6 Å². The van der Waals surface area contributed by atoms with Crippen LogP contribution < -0.4 is 20.1 Å². The molecule has 0 aromatic heterocycles. The summed E-state index contributed by atoms with van der Waals surface area (Å²) in [6, 6.07) is 5.68. The van der Waals surface area contributed by atoms with Crippen LogP contribution in [0.25, 0.3) is 0 Å². The third-order valence-corrected chi connectivity index (χ3v) is 2.68. The maximum Gasteiger partial charge on any atom is 0.222 e. The third kappa shape index (κ3) is 5.44. The molecule has 1 aromatic rings. The second-order valence-electron chi connectivity index (χ2n) is 4.20. The Labute approximate surface area is 124 Å². The second-order valence-corrected chi connectivity index (χ2v) is 4.61. The quantitative estimate of drug-likeness (QED) is 0.786. The van der Waals surface area contributed by atoms with Crippen LogP contribution in [0.5, 0.6) is 11.5 Å². The van der Waals surface area contributed by atoms with Crippen LogP contribution in [-0.2, 0) is 11.3 Å². The number of amides is 1. The van der Waals surface area contributed by atoms with Crippen LogP contribution in [0.2, 0.25) is 0 Å². The van der Waals surface area contributed by atoms with Crippen molar-refractivity contribution in [1.82, 2.24) is 10.6 Å². The van der Waals surface area contributed by atoms with Crippen molar-refractivity contribution < 1.29 is 14.3 Å². The first kappa shape index (κ1) is 16.2. The van der Waals surface area contributed by atoms with Gasteiger partial charge >= 0.3 is 0 Å². The minimum Gasteiger partial charge on any atom is -0.493 e. The summed E-state index contributed by atoms with van der Waals surface area (Å²) < 4.78 is 10.9. The molecule has 0 radical (unpaired) electrons. The van der Waals surface area contributed by atoms with Crippen LogP contribution in [0.4, 0.5) is 0 Å². The van der Waals surface area contributed by atoms with Gasteiger partial charge in [0.1, 0.15) is 0 Å². The van der Waals surface area contributed by atoms with E-state index in [0.29, 0.717) is 24.0 Å². The Morgan fingerprint density at radius 3 is 2.70 bits per heavy atom. The van der Waals surface area contributed by atoms with Crippen molar-refractivity contribution in [2.24, 2.45) is 0 Å². The first-order valence-electron chi connectivity index (χ1n) is 6.42. The molecule has 0 spiro atoms. The summed E-state index contributed by atoms with van der Waals surface area (Å²) in [6.07, 6.45) is 0.942. The molecule has 1 amide bonds. The molecular weight excluding hydrogens is 276 g/mol. The SMILES string of the molecule is CCCOc1ccc(CNC(=S)NC(C)=O)cc1OC. The van der Waals surface area contributed by atoms with Crippen molar-refractivity contribution in [3.63, 3.8) is 0 Å². The van der Waals surface area contributed by atoms with E-state index in [1.807, 2.05) is 25.1 Å². The minimum absolute atomic E-state index is 0.191. The zero-order valence-corrected chi connectivity index (χ0v) is 12.8. The molecule has 2 N–H and O–H groups in total. The summed E-state index contributed by atoms with van der Waals surface area (Å²) in [6.45, 7) is 4.62. The van der Waals surface area contributed by atoms with Gasteiger partial charge in [-0.1, -0.05) is 13.0 Å². The predicted octanol–water partition coefficient (Wildman–Crippen LogP) is 1.99. The number of hydrogen-bond donors (Lipinski definition) is 2. The fraction of sp³-hybridized carbons (Fsp3) is 0.429. The Kier molecular flexibility index (Phi) is 6.79. The second kappa shape index (κ2) is 8.37. The van der Waals surface area contributed by atoms with Crippen molar-refractivity contribution in [3.05, 3.63) is 23.8 Å². The van der Waals surface area contributed by atoms with Gasteiger partial charge in [-0.2, -0.15) is 0 Å². The standard InChI is InChI=1S/C14H20N2O3S/c1-4-7-19-12-6-5-11(8-13(12)18-3)9-15-14(20)16-10(2)17/h5-6,8H,4,7,9H2,1-3H3,(H2,15,16,17,20). The molecular formula is C14H20N2O3S. The van der Waals surface area contributed by atoms with Gasteiger partial charge in [-0.3, -0.25) is 4.79 Å². The van der Waals surface area contributed by atoms with Crippen LogP contribution in [0.15, 0.2) is 18.2 Å². The lowest BCUT2D eigenvalue weighted by atomic mass is 10.2. The average Bonchev–Trinajstić information content (AvgIpc) is 2.42. The Hall–Kier alpha value is -1.82. The van der Waals surface area contributed by atoms with Gasteiger partial charge in [0, 0.05) is 13.5 Å². The largest absolute Gasteiger partial charge is 0.493 e. The van der Waals surface area contributed by atoms with Gasteiger partial charge in [0.25, 0.3) is 0 Å². The minimum atomic E-state index is -0.191. The fourth-order valence-electron chi connectivity index (χ4n) is 1.54. The van der Waals surface area contributed by atoms with Crippen LogP contribution in [0.3, 0.4) is 0 Å². The molecule has 0 aliphatic rings. The zero-order chi connectivity index (χ0) is 15.0. The number of rotatable bonds is 6. The first-order valence-corrected chi connectivity index (χ1v) is 6.82.